The fourth-order valence-electron chi connectivity index (χ4n) is 2.50. The van der Waals surface area contributed by atoms with Crippen LogP contribution in [0.25, 0.3) is 0 Å². The Kier molecular flexibility index (Phi) is 6.47. The number of nitro groups is 1. The lowest BCUT2D eigenvalue weighted by molar-refractivity contribution is -0.384. The molecule has 3 aromatic carbocycles. The van der Waals surface area contributed by atoms with E-state index in [-0.39, 0.29) is 5.69 Å². The molecule has 0 saturated heterocycles. The molecule has 27 heavy (non-hydrogen) atoms. The summed E-state index contributed by atoms with van der Waals surface area (Å²) < 4.78 is 7.95. The fourth-order valence-corrected chi connectivity index (χ4v) is 3.17. The summed E-state index contributed by atoms with van der Waals surface area (Å²) in [5.74, 6) is 0.763. The van der Waals surface area contributed by atoms with Gasteiger partial charge in [-0.05, 0) is 42.0 Å². The number of hydrogen-bond acceptors (Lipinski definition) is 4. The summed E-state index contributed by atoms with van der Waals surface area (Å²) in [6.07, 6.45) is 0. The Morgan fingerprint density at radius 3 is 2.44 bits per heavy atom. The highest BCUT2D eigenvalue weighted by molar-refractivity contribution is 9.10. The third-order valence-electron chi connectivity index (χ3n) is 3.87. The summed E-state index contributed by atoms with van der Waals surface area (Å²) in [7, 11) is 0. The van der Waals surface area contributed by atoms with Crippen LogP contribution in [0.15, 0.2) is 75.7 Å². The SMILES string of the molecule is O=[N+]([O-])c1cccc(NCc2cc(Br)ccc2OCc2ccc(Br)cc2)c1. The normalized spacial score (nSPS) is 10.4. The van der Waals surface area contributed by atoms with E-state index in [4.69, 9.17) is 4.74 Å². The number of hydrogen-bond donors (Lipinski definition) is 1. The van der Waals surface area contributed by atoms with Gasteiger partial charge in [-0.3, -0.25) is 10.1 Å². The van der Waals surface area contributed by atoms with Crippen LogP contribution in [0, 0.1) is 10.1 Å². The molecule has 0 radical (unpaired) electrons. The Hall–Kier alpha value is -2.38. The van der Waals surface area contributed by atoms with Gasteiger partial charge < -0.3 is 10.1 Å². The summed E-state index contributed by atoms with van der Waals surface area (Å²) in [6, 6.07) is 20.2. The number of nitrogens with one attached hydrogen (secondary N) is 1. The highest BCUT2D eigenvalue weighted by atomic mass is 79.9. The van der Waals surface area contributed by atoms with Crippen LogP contribution < -0.4 is 10.1 Å². The quantitative estimate of drug-likeness (QED) is 0.310. The number of rotatable bonds is 7. The second kappa shape index (κ2) is 9.01. The molecule has 0 heterocycles. The van der Waals surface area contributed by atoms with Crippen LogP contribution in [0.1, 0.15) is 11.1 Å². The van der Waals surface area contributed by atoms with Crippen LogP contribution in [-0.2, 0) is 13.2 Å². The van der Waals surface area contributed by atoms with Crippen molar-refractivity contribution in [3.05, 3.63) is 96.9 Å². The Morgan fingerprint density at radius 1 is 0.963 bits per heavy atom. The first kappa shape index (κ1) is 19.4. The van der Waals surface area contributed by atoms with E-state index in [1.54, 1.807) is 12.1 Å². The van der Waals surface area contributed by atoms with Crippen LogP contribution in [0.5, 0.6) is 5.75 Å². The number of nitro benzene ring substituents is 1. The Balaban J connectivity index is 1.71. The van der Waals surface area contributed by atoms with Crippen molar-refractivity contribution in [2.24, 2.45) is 0 Å². The second-order valence-electron chi connectivity index (χ2n) is 5.83. The Labute approximate surface area is 173 Å². The van der Waals surface area contributed by atoms with Gasteiger partial charge in [-0.15, -0.1) is 0 Å². The molecule has 0 fully saturated rings. The summed E-state index contributed by atoms with van der Waals surface area (Å²) in [4.78, 5) is 10.5. The van der Waals surface area contributed by atoms with Crippen LogP contribution in [-0.4, -0.2) is 4.92 Å². The van der Waals surface area contributed by atoms with Gasteiger partial charge in [0.15, 0.2) is 0 Å². The molecule has 138 valence electrons. The summed E-state index contributed by atoms with van der Waals surface area (Å²) >= 11 is 6.90. The maximum Gasteiger partial charge on any atom is 0.271 e. The zero-order valence-electron chi connectivity index (χ0n) is 14.2. The highest BCUT2D eigenvalue weighted by Gasteiger charge is 2.08. The molecule has 0 aliphatic carbocycles. The van der Waals surface area contributed by atoms with Gasteiger partial charge in [-0.1, -0.05) is 50.1 Å². The average molecular weight is 492 g/mol. The van der Waals surface area contributed by atoms with Crippen LogP contribution in [0.2, 0.25) is 0 Å². The summed E-state index contributed by atoms with van der Waals surface area (Å²) in [6.45, 7) is 0.939. The summed E-state index contributed by atoms with van der Waals surface area (Å²) in [5.41, 5.74) is 2.76. The van der Waals surface area contributed by atoms with Crippen molar-refractivity contribution in [1.82, 2.24) is 0 Å². The van der Waals surface area contributed by atoms with Crippen molar-refractivity contribution in [2.45, 2.75) is 13.2 Å². The molecule has 0 saturated carbocycles. The van der Waals surface area contributed by atoms with E-state index in [2.05, 4.69) is 37.2 Å². The number of nitrogens with zero attached hydrogens (tertiary/aromatic N) is 1. The molecule has 0 atom stereocenters. The first-order chi connectivity index (χ1) is 13.0. The van der Waals surface area contributed by atoms with Crippen LogP contribution in [0.4, 0.5) is 11.4 Å². The van der Waals surface area contributed by atoms with Crippen molar-refractivity contribution >= 4 is 43.2 Å². The maximum atomic E-state index is 10.9. The number of benzene rings is 3. The van der Waals surface area contributed by atoms with E-state index in [1.165, 1.54) is 12.1 Å². The largest absolute Gasteiger partial charge is 0.489 e. The van der Waals surface area contributed by atoms with Crippen molar-refractivity contribution in [2.75, 3.05) is 5.32 Å². The predicted molar refractivity (Wildman–Crippen MR) is 113 cm³/mol. The lowest BCUT2D eigenvalue weighted by atomic mass is 10.2. The van der Waals surface area contributed by atoms with E-state index in [1.807, 2.05) is 42.5 Å². The molecule has 3 aromatic rings. The maximum absolute atomic E-state index is 10.9. The number of ether oxygens (including phenoxy) is 1. The first-order valence-electron chi connectivity index (χ1n) is 8.15. The lowest BCUT2D eigenvalue weighted by Crippen LogP contribution is -2.04. The van der Waals surface area contributed by atoms with Gasteiger partial charge in [-0.2, -0.15) is 0 Å². The van der Waals surface area contributed by atoms with E-state index in [0.29, 0.717) is 18.8 Å². The molecule has 3 rings (SSSR count). The molecule has 7 heteroatoms. The van der Waals surface area contributed by atoms with Gasteiger partial charge in [0.05, 0.1) is 4.92 Å². The molecular weight excluding hydrogens is 476 g/mol. The van der Waals surface area contributed by atoms with Gasteiger partial charge in [0, 0.05) is 38.9 Å². The summed E-state index contributed by atoms with van der Waals surface area (Å²) in [5, 5.41) is 14.1. The molecule has 0 amide bonds. The van der Waals surface area contributed by atoms with Crippen LogP contribution >= 0.6 is 31.9 Å². The highest BCUT2D eigenvalue weighted by Crippen LogP contribution is 2.26. The topological polar surface area (TPSA) is 64.4 Å². The van der Waals surface area contributed by atoms with Gasteiger partial charge >= 0.3 is 0 Å². The second-order valence-corrected chi connectivity index (χ2v) is 7.66. The molecule has 0 unspecified atom stereocenters. The molecule has 5 nitrogen and oxygen atoms in total. The van der Waals surface area contributed by atoms with E-state index >= 15 is 0 Å². The van der Waals surface area contributed by atoms with Gasteiger partial charge in [-0.25, -0.2) is 0 Å². The molecule has 1 N–H and O–H groups in total. The van der Waals surface area contributed by atoms with Crippen molar-refractivity contribution in [3.63, 3.8) is 0 Å². The molecule has 0 aliphatic rings. The van der Waals surface area contributed by atoms with E-state index in [9.17, 15) is 10.1 Å². The minimum Gasteiger partial charge on any atom is -0.489 e. The van der Waals surface area contributed by atoms with Crippen LogP contribution in [0.3, 0.4) is 0 Å². The molecule has 0 bridgehead atoms. The number of halogens is 2. The smallest absolute Gasteiger partial charge is 0.271 e. The predicted octanol–water partition coefficient (Wildman–Crippen LogP) is 6.31. The molecule has 0 aromatic heterocycles. The molecule has 0 spiro atoms. The van der Waals surface area contributed by atoms with Crippen molar-refractivity contribution in [3.8, 4) is 5.75 Å². The third kappa shape index (κ3) is 5.55. The minimum atomic E-state index is -0.406. The van der Waals surface area contributed by atoms with Gasteiger partial charge in [0.1, 0.15) is 12.4 Å². The van der Waals surface area contributed by atoms with E-state index in [0.717, 1.165) is 25.8 Å². The number of anilines is 1. The lowest BCUT2D eigenvalue weighted by Gasteiger charge is -2.14. The Morgan fingerprint density at radius 2 is 1.70 bits per heavy atom. The third-order valence-corrected chi connectivity index (χ3v) is 4.89. The zero-order valence-corrected chi connectivity index (χ0v) is 17.4. The molecule has 0 aliphatic heterocycles. The zero-order chi connectivity index (χ0) is 19.2. The van der Waals surface area contributed by atoms with Crippen molar-refractivity contribution in [1.29, 1.82) is 0 Å². The Bertz CT molecular complexity index is 946. The number of non-ortho nitro benzene ring substituents is 1. The standard InChI is InChI=1S/C20H16Br2N2O3/c21-16-6-4-14(5-7-16)13-27-20-9-8-17(22)10-15(20)12-23-18-2-1-3-19(11-18)24(25)26/h1-11,23H,12-13H2. The van der Waals surface area contributed by atoms with Gasteiger partial charge in [0.2, 0.25) is 0 Å². The average Bonchev–Trinajstić information content (AvgIpc) is 2.67. The van der Waals surface area contributed by atoms with Gasteiger partial charge in [0.25, 0.3) is 5.69 Å². The van der Waals surface area contributed by atoms with E-state index < -0.39 is 4.92 Å². The fraction of sp³-hybridized carbons (Fsp3) is 0.100. The first-order valence-corrected chi connectivity index (χ1v) is 9.74. The minimum absolute atomic E-state index is 0.0564. The molecular formula is C20H16Br2N2O3. The van der Waals surface area contributed by atoms with Crippen molar-refractivity contribution < 1.29 is 9.66 Å². The monoisotopic (exact) mass is 490 g/mol.